The minimum absolute atomic E-state index is 0.00104. The van der Waals surface area contributed by atoms with Gasteiger partial charge in [0.25, 0.3) is 5.91 Å². The number of methoxy groups -OCH3 is 1. The van der Waals surface area contributed by atoms with Gasteiger partial charge in [-0.3, -0.25) is 14.3 Å². The van der Waals surface area contributed by atoms with Gasteiger partial charge in [0.15, 0.2) is 0 Å². The molecule has 1 aliphatic heterocycles. The van der Waals surface area contributed by atoms with Gasteiger partial charge in [0.1, 0.15) is 34.7 Å². The van der Waals surface area contributed by atoms with Crippen LogP contribution in [0.3, 0.4) is 0 Å². The molecule has 2 amide bonds. The van der Waals surface area contributed by atoms with Crippen molar-refractivity contribution in [1.82, 2.24) is 20.1 Å². The molecule has 1 aliphatic carbocycles. The molecule has 4 aromatic rings. The van der Waals surface area contributed by atoms with E-state index in [0.717, 1.165) is 18.9 Å². The van der Waals surface area contributed by atoms with Crippen LogP contribution in [0, 0.1) is 18.3 Å². The number of alkyl halides is 3. The van der Waals surface area contributed by atoms with Gasteiger partial charge in [0.2, 0.25) is 11.5 Å². The maximum Gasteiger partial charge on any atom is 0.424 e. The number of carbonyl (C=O) groups is 2. The number of benzene rings is 2. The number of pyridine rings is 1. The van der Waals surface area contributed by atoms with Crippen LogP contribution >= 0.6 is 0 Å². The summed E-state index contributed by atoms with van der Waals surface area (Å²) in [5.74, 6) is -1.48. The number of aromatic nitrogens is 3. The number of amides is 2. The number of halogens is 3. The zero-order valence-electron chi connectivity index (χ0n) is 25.0. The highest BCUT2D eigenvalue weighted by molar-refractivity contribution is 6.00. The van der Waals surface area contributed by atoms with E-state index < -0.39 is 41.2 Å². The Morgan fingerprint density at radius 1 is 1.26 bits per heavy atom. The Balaban J connectivity index is 1.41. The van der Waals surface area contributed by atoms with E-state index in [9.17, 15) is 33.1 Å². The Hall–Kier alpha value is -5.16. The number of carbonyl (C=O) groups excluding carboxylic acids is 2. The molecule has 14 heteroatoms. The molecule has 46 heavy (non-hydrogen) atoms. The van der Waals surface area contributed by atoms with E-state index in [2.05, 4.69) is 15.4 Å². The lowest BCUT2D eigenvalue weighted by atomic mass is 9.81. The number of primary amides is 1. The van der Waals surface area contributed by atoms with Crippen LogP contribution in [0.4, 0.5) is 13.2 Å². The monoisotopic (exact) mass is 634 g/mol. The second-order valence-corrected chi connectivity index (χ2v) is 11.9. The molecule has 0 radical (unpaired) electrons. The summed E-state index contributed by atoms with van der Waals surface area (Å²) in [7, 11) is 1.39. The number of nitrogens with zero attached hydrogens (tertiary/aromatic N) is 4. The predicted molar refractivity (Wildman–Crippen MR) is 158 cm³/mol. The van der Waals surface area contributed by atoms with E-state index in [-0.39, 0.29) is 46.5 Å². The highest BCUT2D eigenvalue weighted by Gasteiger charge is 2.57. The third-order valence-corrected chi connectivity index (χ3v) is 8.63. The van der Waals surface area contributed by atoms with Crippen molar-refractivity contribution in [1.29, 1.82) is 5.26 Å². The summed E-state index contributed by atoms with van der Waals surface area (Å²) in [4.78, 5) is 30.0. The number of rotatable bonds is 8. The number of aryl methyl sites for hydroxylation is 1. The normalized spacial score (nSPS) is 18.7. The largest absolute Gasteiger partial charge is 0.494 e. The molecular weight excluding hydrogens is 605 g/mol. The number of nitriles is 1. The molecule has 1 fully saturated rings. The van der Waals surface area contributed by atoms with E-state index in [4.69, 9.17) is 15.2 Å². The zero-order valence-corrected chi connectivity index (χ0v) is 25.0. The first-order valence-electron chi connectivity index (χ1n) is 14.3. The zero-order chi connectivity index (χ0) is 33.2. The van der Waals surface area contributed by atoms with Crippen molar-refractivity contribution in [2.75, 3.05) is 20.3 Å². The van der Waals surface area contributed by atoms with Gasteiger partial charge < -0.3 is 25.6 Å². The fourth-order valence-electron chi connectivity index (χ4n) is 5.51. The summed E-state index contributed by atoms with van der Waals surface area (Å²) < 4.78 is 57.4. The van der Waals surface area contributed by atoms with Crippen LogP contribution in [-0.4, -0.2) is 58.1 Å². The van der Waals surface area contributed by atoms with Gasteiger partial charge in [0.05, 0.1) is 37.0 Å². The first kappa shape index (κ1) is 30.8. The quantitative estimate of drug-likeness (QED) is 0.262. The van der Waals surface area contributed by atoms with Crippen LogP contribution in [0.15, 0.2) is 42.6 Å². The molecule has 2 atom stereocenters. The summed E-state index contributed by atoms with van der Waals surface area (Å²) in [6, 6.07) is 10.5. The van der Waals surface area contributed by atoms with Gasteiger partial charge in [-0.2, -0.15) is 23.5 Å². The van der Waals surface area contributed by atoms with Crippen LogP contribution < -0.4 is 20.5 Å². The lowest BCUT2D eigenvalue weighted by molar-refractivity contribution is -0.265. The van der Waals surface area contributed by atoms with Crippen LogP contribution in [0.25, 0.3) is 22.2 Å². The number of hydrogen-bond donors (Lipinski definition) is 3. The van der Waals surface area contributed by atoms with Gasteiger partial charge in [-0.05, 0) is 62.6 Å². The number of nitrogens with two attached hydrogens (primary N) is 1. The number of ether oxygens (including phenoxy) is 2. The smallest absolute Gasteiger partial charge is 0.424 e. The fraction of sp³-hybridized carbons (Fsp3) is 0.344. The lowest BCUT2D eigenvalue weighted by Gasteiger charge is -2.31. The number of hydrogen-bond acceptors (Lipinski definition) is 8. The van der Waals surface area contributed by atoms with Crippen LogP contribution in [-0.2, 0) is 15.8 Å². The average molecular weight is 635 g/mol. The Morgan fingerprint density at radius 3 is 2.61 bits per heavy atom. The average Bonchev–Trinajstić information content (AvgIpc) is 3.69. The molecule has 0 unspecified atom stereocenters. The standard InChI is InChI=1S/C32H29F3N6O5/c1-16-8-17(4-5-18(16)12-36)26-27-22(30(2,15-46-27)29(37)43)11-24(39-26)31(44,32(33,34)35)14-38-28(42)19-9-20-13-41(21-6-7-21)40-25(20)23(10-19)45-3/h4-5,8-11,13,21,44H,6-7,14-15H2,1-3H3,(H2,37,43)(H,38,42)/t30-,31-/m0/s1. The molecule has 2 aliphatic rings. The van der Waals surface area contributed by atoms with E-state index in [1.807, 2.05) is 6.07 Å². The maximum atomic E-state index is 14.8. The van der Waals surface area contributed by atoms with Crippen molar-refractivity contribution >= 4 is 22.7 Å². The Morgan fingerprint density at radius 2 is 2.00 bits per heavy atom. The molecule has 1 saturated carbocycles. The van der Waals surface area contributed by atoms with Crippen molar-refractivity contribution in [3.05, 3.63) is 70.5 Å². The molecule has 0 saturated heterocycles. The van der Waals surface area contributed by atoms with Gasteiger partial charge >= 0.3 is 6.18 Å². The highest BCUT2D eigenvalue weighted by Crippen LogP contribution is 2.48. The van der Waals surface area contributed by atoms with Gasteiger partial charge in [-0.15, -0.1) is 0 Å². The molecule has 0 spiro atoms. The number of aliphatic hydroxyl groups is 1. The van der Waals surface area contributed by atoms with Crippen LogP contribution in [0.5, 0.6) is 11.5 Å². The summed E-state index contributed by atoms with van der Waals surface area (Å²) >= 11 is 0. The Labute approximate surface area is 260 Å². The second kappa shape index (κ2) is 10.7. The summed E-state index contributed by atoms with van der Waals surface area (Å²) in [5, 5.41) is 28.0. The molecular formula is C32H29F3N6O5. The summed E-state index contributed by atoms with van der Waals surface area (Å²) in [6.45, 7) is 1.48. The Kier molecular flexibility index (Phi) is 7.20. The Bertz CT molecular complexity index is 1960. The van der Waals surface area contributed by atoms with Gasteiger partial charge in [-0.1, -0.05) is 6.07 Å². The summed E-state index contributed by atoms with van der Waals surface area (Å²) in [5.41, 5.74) is 1.06. The van der Waals surface area contributed by atoms with Crippen molar-refractivity contribution in [3.63, 3.8) is 0 Å². The number of nitrogens with one attached hydrogen (secondary N) is 1. The van der Waals surface area contributed by atoms with Gasteiger partial charge in [-0.25, -0.2) is 4.98 Å². The predicted octanol–water partition coefficient (Wildman–Crippen LogP) is 3.94. The van der Waals surface area contributed by atoms with E-state index in [1.54, 1.807) is 17.8 Å². The first-order chi connectivity index (χ1) is 21.7. The van der Waals surface area contributed by atoms with Crippen LogP contribution in [0.1, 0.15) is 58.5 Å². The molecule has 2 aromatic carbocycles. The molecule has 4 N–H and O–H groups in total. The van der Waals surface area contributed by atoms with Crippen LogP contribution in [0.2, 0.25) is 0 Å². The molecule has 0 bridgehead atoms. The van der Waals surface area contributed by atoms with Crippen molar-refractivity contribution in [2.24, 2.45) is 5.73 Å². The molecule has 6 rings (SSSR count). The van der Waals surface area contributed by atoms with E-state index >= 15 is 0 Å². The van der Waals surface area contributed by atoms with E-state index in [1.165, 1.54) is 44.4 Å². The SMILES string of the molecule is COc1cc(C(=O)NC[C@](O)(c2cc3c(c(-c4ccc(C#N)c(C)c4)n2)OC[C@]3(C)C(N)=O)C(F)(F)F)cc2cn(C3CC3)nc12. The van der Waals surface area contributed by atoms with Crippen molar-refractivity contribution in [3.8, 4) is 28.8 Å². The highest BCUT2D eigenvalue weighted by atomic mass is 19.4. The molecule has 3 heterocycles. The molecule has 2 aromatic heterocycles. The fourth-order valence-corrected chi connectivity index (χ4v) is 5.51. The third kappa shape index (κ3) is 4.96. The lowest BCUT2D eigenvalue weighted by Crippen LogP contribution is -2.51. The summed E-state index contributed by atoms with van der Waals surface area (Å²) in [6.07, 6.45) is -1.66. The second-order valence-electron chi connectivity index (χ2n) is 11.9. The maximum absolute atomic E-state index is 14.8. The number of fused-ring (bicyclic) bond motifs is 2. The van der Waals surface area contributed by atoms with Crippen molar-refractivity contribution < 1.29 is 37.3 Å². The topological polar surface area (TPSA) is 165 Å². The minimum Gasteiger partial charge on any atom is -0.494 e. The van der Waals surface area contributed by atoms with Crippen molar-refractivity contribution in [2.45, 2.75) is 49.9 Å². The van der Waals surface area contributed by atoms with E-state index in [0.29, 0.717) is 22.0 Å². The molecule has 238 valence electrons. The first-order valence-corrected chi connectivity index (χ1v) is 14.3. The molecule has 11 nitrogen and oxygen atoms in total. The minimum atomic E-state index is -5.34. The van der Waals surface area contributed by atoms with Gasteiger partial charge in [0, 0.05) is 28.3 Å². The third-order valence-electron chi connectivity index (χ3n) is 8.63.